The number of carbonyl (C=O) groups excluding carboxylic acids is 1. The van der Waals surface area contributed by atoms with Crippen molar-refractivity contribution < 1.29 is 14.7 Å². The number of carboxylic acid groups (broad SMARTS) is 1. The molecule has 0 unspecified atom stereocenters. The number of nitrogens with two attached hydrogens (primary N) is 1. The fourth-order valence-corrected chi connectivity index (χ4v) is 3.25. The van der Waals surface area contributed by atoms with Crippen LogP contribution in [0.2, 0.25) is 0 Å². The van der Waals surface area contributed by atoms with Crippen molar-refractivity contribution in [3.8, 4) is 0 Å². The molecule has 2 aromatic rings. The quantitative estimate of drug-likeness (QED) is 0.843. The zero-order valence-electron chi connectivity index (χ0n) is 12.8. The first-order valence-electron chi connectivity index (χ1n) is 7.42. The minimum absolute atomic E-state index is 0.155. The molecule has 0 aliphatic carbocycles. The topological polar surface area (TPSA) is 113 Å². The summed E-state index contributed by atoms with van der Waals surface area (Å²) >= 11 is 1.44. The van der Waals surface area contributed by atoms with Crippen LogP contribution in [-0.4, -0.2) is 58.0 Å². The second kappa shape index (κ2) is 6.83. The lowest BCUT2D eigenvalue weighted by molar-refractivity contribution is -0.141. The van der Waals surface area contributed by atoms with E-state index in [1.165, 1.54) is 17.5 Å². The van der Waals surface area contributed by atoms with Crippen LogP contribution in [0.25, 0.3) is 0 Å². The second-order valence-corrected chi connectivity index (χ2v) is 6.31. The molecule has 9 heteroatoms. The molecular formula is C15H17N5O3S. The van der Waals surface area contributed by atoms with E-state index in [0.29, 0.717) is 30.4 Å². The maximum atomic E-state index is 12.5. The number of aliphatic carboxylic acids is 1. The van der Waals surface area contributed by atoms with Gasteiger partial charge >= 0.3 is 5.97 Å². The van der Waals surface area contributed by atoms with E-state index in [0.717, 1.165) is 0 Å². The van der Waals surface area contributed by atoms with E-state index in [1.807, 2.05) is 5.38 Å². The van der Waals surface area contributed by atoms with E-state index >= 15 is 0 Å². The van der Waals surface area contributed by atoms with E-state index < -0.39 is 11.9 Å². The number of rotatable bonds is 3. The number of aromatic nitrogens is 2. The molecule has 1 aliphatic heterocycles. The minimum atomic E-state index is -0.950. The summed E-state index contributed by atoms with van der Waals surface area (Å²) in [6, 6.07) is 3.31. The number of carbonyl (C=O) groups is 2. The third kappa shape index (κ3) is 3.46. The molecule has 3 rings (SSSR count). The molecule has 126 valence electrons. The van der Waals surface area contributed by atoms with Gasteiger partial charge in [0.2, 0.25) is 5.95 Å². The summed E-state index contributed by atoms with van der Waals surface area (Å²) in [5.41, 5.74) is 6.26. The number of thiophene rings is 1. The van der Waals surface area contributed by atoms with Crippen molar-refractivity contribution in [1.82, 2.24) is 14.9 Å². The fourth-order valence-electron chi connectivity index (χ4n) is 2.62. The van der Waals surface area contributed by atoms with Crippen LogP contribution in [0.4, 0.5) is 11.8 Å². The van der Waals surface area contributed by atoms with Crippen molar-refractivity contribution in [3.63, 3.8) is 0 Å². The van der Waals surface area contributed by atoms with Gasteiger partial charge in [0.1, 0.15) is 5.82 Å². The molecule has 0 aromatic carbocycles. The van der Waals surface area contributed by atoms with Gasteiger partial charge < -0.3 is 20.6 Å². The number of amides is 1. The first-order chi connectivity index (χ1) is 11.5. The third-order valence-electron chi connectivity index (χ3n) is 3.87. The van der Waals surface area contributed by atoms with E-state index in [4.69, 9.17) is 5.73 Å². The molecule has 1 atom stereocenters. The van der Waals surface area contributed by atoms with E-state index in [1.54, 1.807) is 27.3 Å². The zero-order valence-corrected chi connectivity index (χ0v) is 13.6. The van der Waals surface area contributed by atoms with Gasteiger partial charge in [-0.05, 0) is 17.5 Å². The Balaban J connectivity index is 1.82. The Morgan fingerprint density at radius 2 is 2.12 bits per heavy atom. The minimum Gasteiger partial charge on any atom is -0.481 e. The van der Waals surface area contributed by atoms with Gasteiger partial charge in [-0.2, -0.15) is 16.3 Å². The number of nitrogens with zero attached hydrogens (tertiary/aromatic N) is 4. The van der Waals surface area contributed by atoms with Crippen LogP contribution in [0.15, 0.2) is 29.1 Å². The normalized spacial score (nSPS) is 18.2. The molecule has 0 saturated carbocycles. The lowest BCUT2D eigenvalue weighted by atomic mass is 10.1. The Labute approximate surface area is 142 Å². The molecule has 24 heavy (non-hydrogen) atoms. The Kier molecular flexibility index (Phi) is 4.61. The molecule has 1 amide bonds. The summed E-state index contributed by atoms with van der Waals surface area (Å²) in [6.45, 7) is 1.23. The molecule has 1 fully saturated rings. The highest BCUT2D eigenvalue weighted by molar-refractivity contribution is 7.08. The van der Waals surface area contributed by atoms with Gasteiger partial charge in [-0.3, -0.25) is 9.59 Å². The highest BCUT2D eigenvalue weighted by Gasteiger charge is 2.31. The van der Waals surface area contributed by atoms with Crippen LogP contribution in [0.1, 0.15) is 10.4 Å². The van der Waals surface area contributed by atoms with Crippen LogP contribution >= 0.6 is 11.3 Å². The van der Waals surface area contributed by atoms with Crippen molar-refractivity contribution in [2.24, 2.45) is 5.92 Å². The molecule has 3 N–H and O–H groups in total. The van der Waals surface area contributed by atoms with Crippen LogP contribution in [-0.2, 0) is 4.79 Å². The first-order valence-corrected chi connectivity index (χ1v) is 8.36. The van der Waals surface area contributed by atoms with Crippen molar-refractivity contribution in [3.05, 3.63) is 34.7 Å². The van der Waals surface area contributed by atoms with Crippen LogP contribution in [0.3, 0.4) is 0 Å². The maximum absolute atomic E-state index is 12.5. The molecule has 1 saturated heterocycles. The predicted molar refractivity (Wildman–Crippen MR) is 90.0 cm³/mol. The highest BCUT2D eigenvalue weighted by Crippen LogP contribution is 2.18. The predicted octanol–water partition coefficient (Wildman–Crippen LogP) is 0.784. The molecule has 0 bridgehead atoms. The maximum Gasteiger partial charge on any atom is 0.310 e. The monoisotopic (exact) mass is 347 g/mol. The SMILES string of the molecule is Nc1ccnc(N2CCN(C(=O)c3ccsc3)C[C@H](C(=O)O)C2)n1. The Morgan fingerprint density at radius 3 is 2.79 bits per heavy atom. The van der Waals surface area contributed by atoms with Gasteiger partial charge in [-0.15, -0.1) is 0 Å². The Hall–Kier alpha value is -2.68. The van der Waals surface area contributed by atoms with Crippen LogP contribution < -0.4 is 10.6 Å². The van der Waals surface area contributed by atoms with Crippen molar-refractivity contribution in [1.29, 1.82) is 0 Å². The molecular weight excluding hydrogens is 330 g/mol. The summed E-state index contributed by atoms with van der Waals surface area (Å²) in [5, 5.41) is 13.1. The van der Waals surface area contributed by atoms with Gasteiger partial charge in [0.15, 0.2) is 0 Å². The summed E-state index contributed by atoms with van der Waals surface area (Å²) in [5.74, 6) is -1.12. The highest BCUT2D eigenvalue weighted by atomic mass is 32.1. The largest absolute Gasteiger partial charge is 0.481 e. The summed E-state index contributed by atoms with van der Waals surface area (Å²) in [4.78, 5) is 35.8. The average Bonchev–Trinajstić information content (AvgIpc) is 2.99. The Morgan fingerprint density at radius 1 is 1.29 bits per heavy atom. The molecule has 0 radical (unpaired) electrons. The zero-order chi connectivity index (χ0) is 17.1. The van der Waals surface area contributed by atoms with Crippen molar-refractivity contribution in [2.75, 3.05) is 36.8 Å². The van der Waals surface area contributed by atoms with E-state index in [9.17, 15) is 14.7 Å². The average molecular weight is 347 g/mol. The number of carboxylic acids is 1. The van der Waals surface area contributed by atoms with Gasteiger partial charge in [0.25, 0.3) is 5.91 Å². The smallest absolute Gasteiger partial charge is 0.310 e. The number of nitrogen functional groups attached to an aromatic ring is 1. The molecule has 3 heterocycles. The molecule has 1 aliphatic rings. The second-order valence-electron chi connectivity index (χ2n) is 5.53. The van der Waals surface area contributed by atoms with Crippen molar-refractivity contribution >= 4 is 35.0 Å². The van der Waals surface area contributed by atoms with E-state index in [2.05, 4.69) is 9.97 Å². The number of anilines is 2. The van der Waals surface area contributed by atoms with E-state index in [-0.39, 0.29) is 19.0 Å². The van der Waals surface area contributed by atoms with Gasteiger partial charge in [0.05, 0.1) is 11.5 Å². The lowest BCUT2D eigenvalue weighted by Crippen LogP contribution is -2.37. The standard InChI is InChI=1S/C15H17N5O3S/c16-12-1-3-17-15(18-12)20-5-4-19(7-11(8-20)14(22)23)13(21)10-2-6-24-9-10/h1-3,6,9,11H,4-5,7-8H2,(H,22,23)(H2,16,17,18)/t11-/m0/s1. The fraction of sp³-hybridized carbons (Fsp3) is 0.333. The third-order valence-corrected chi connectivity index (χ3v) is 4.56. The molecule has 2 aromatic heterocycles. The van der Waals surface area contributed by atoms with Gasteiger partial charge in [-0.1, -0.05) is 0 Å². The van der Waals surface area contributed by atoms with Crippen LogP contribution in [0.5, 0.6) is 0 Å². The van der Waals surface area contributed by atoms with Gasteiger partial charge in [0, 0.05) is 37.8 Å². The van der Waals surface area contributed by atoms with Crippen LogP contribution in [0, 0.1) is 5.92 Å². The molecule has 0 spiro atoms. The number of hydrogen-bond donors (Lipinski definition) is 2. The number of hydrogen-bond acceptors (Lipinski definition) is 7. The van der Waals surface area contributed by atoms with Crippen molar-refractivity contribution in [2.45, 2.75) is 0 Å². The summed E-state index contributed by atoms with van der Waals surface area (Å²) < 4.78 is 0. The van der Waals surface area contributed by atoms with Gasteiger partial charge in [-0.25, -0.2) is 4.98 Å². The lowest BCUT2D eigenvalue weighted by Gasteiger charge is -2.21. The summed E-state index contributed by atoms with van der Waals surface area (Å²) in [7, 11) is 0. The first kappa shape index (κ1) is 16.2. The Bertz CT molecular complexity index is 736. The molecule has 8 nitrogen and oxygen atoms in total. The summed E-state index contributed by atoms with van der Waals surface area (Å²) in [6.07, 6.45) is 1.53.